The van der Waals surface area contributed by atoms with Gasteiger partial charge in [0.2, 0.25) is 5.89 Å². The van der Waals surface area contributed by atoms with E-state index in [4.69, 9.17) is 13.9 Å². The minimum Gasteiger partial charge on any atom is -0.497 e. The van der Waals surface area contributed by atoms with Gasteiger partial charge in [-0.3, -0.25) is 9.69 Å². The topological polar surface area (TPSA) is 76.8 Å². The van der Waals surface area contributed by atoms with E-state index in [2.05, 4.69) is 34.3 Å². The number of halogens is 1. The molecule has 3 aromatic carbocycles. The van der Waals surface area contributed by atoms with Crippen molar-refractivity contribution in [2.24, 2.45) is 0 Å². The number of hydrogen-bond acceptors (Lipinski definition) is 6. The third-order valence-corrected chi connectivity index (χ3v) is 6.18. The van der Waals surface area contributed by atoms with E-state index in [9.17, 15) is 9.18 Å². The molecule has 0 radical (unpaired) electrons. The normalized spacial score (nSPS) is 11.8. The summed E-state index contributed by atoms with van der Waals surface area (Å²) in [5.41, 5.74) is 3.05. The molecule has 0 saturated carbocycles. The zero-order valence-electron chi connectivity index (χ0n) is 21.1. The lowest BCUT2D eigenvalue weighted by Gasteiger charge is -2.29. The monoisotopic (exact) mass is 503 g/mol. The Morgan fingerprint density at radius 3 is 2.49 bits per heavy atom. The lowest BCUT2D eigenvalue weighted by molar-refractivity contribution is 0.0945. The molecule has 0 aliphatic carbocycles. The first-order valence-electron chi connectivity index (χ1n) is 11.9. The highest BCUT2D eigenvalue weighted by atomic mass is 19.1. The standard InChI is InChI=1S/C29H30FN3O4/c1-20(22-7-5-4-6-8-22)33(17-23-15-25(35-2)13-14-27(23)36-3)18-28-32-26(19-37-28)29(34)31-16-21-9-11-24(30)12-10-21/h4-15,19-20H,16-18H2,1-3H3,(H,31,34). The maximum atomic E-state index is 13.1. The van der Waals surface area contributed by atoms with Crippen molar-refractivity contribution in [1.29, 1.82) is 0 Å². The number of hydrogen-bond donors (Lipinski definition) is 1. The average Bonchev–Trinajstić information content (AvgIpc) is 3.41. The molecule has 4 aromatic rings. The Morgan fingerprint density at radius 2 is 1.78 bits per heavy atom. The number of nitrogens with one attached hydrogen (secondary N) is 1. The number of nitrogens with zero attached hydrogens (tertiary/aromatic N) is 2. The van der Waals surface area contributed by atoms with Crippen LogP contribution in [0.25, 0.3) is 0 Å². The van der Waals surface area contributed by atoms with Gasteiger partial charge in [-0.25, -0.2) is 9.37 Å². The molecule has 0 aliphatic heterocycles. The van der Waals surface area contributed by atoms with Crippen molar-refractivity contribution in [3.63, 3.8) is 0 Å². The molecule has 0 bridgehead atoms. The Morgan fingerprint density at radius 1 is 1.03 bits per heavy atom. The van der Waals surface area contributed by atoms with Gasteiger partial charge < -0.3 is 19.2 Å². The van der Waals surface area contributed by atoms with Crippen LogP contribution in [0, 0.1) is 5.82 Å². The summed E-state index contributed by atoms with van der Waals surface area (Å²) in [6.45, 7) is 3.27. The van der Waals surface area contributed by atoms with Gasteiger partial charge in [-0.05, 0) is 48.4 Å². The predicted molar refractivity (Wildman–Crippen MR) is 138 cm³/mol. The van der Waals surface area contributed by atoms with Crippen LogP contribution in [0.2, 0.25) is 0 Å². The molecule has 0 fully saturated rings. The van der Waals surface area contributed by atoms with E-state index < -0.39 is 0 Å². The van der Waals surface area contributed by atoms with Crippen LogP contribution in [0.4, 0.5) is 4.39 Å². The number of rotatable bonds is 11. The molecule has 37 heavy (non-hydrogen) atoms. The molecule has 8 heteroatoms. The Hall–Kier alpha value is -4.17. The number of aromatic nitrogens is 1. The summed E-state index contributed by atoms with van der Waals surface area (Å²) in [5, 5.41) is 2.79. The van der Waals surface area contributed by atoms with Gasteiger partial charge in [0.15, 0.2) is 5.69 Å². The fraction of sp³-hybridized carbons (Fsp3) is 0.241. The van der Waals surface area contributed by atoms with Gasteiger partial charge in [0.25, 0.3) is 5.91 Å². The zero-order valence-corrected chi connectivity index (χ0v) is 21.1. The Bertz CT molecular complexity index is 1310. The third kappa shape index (κ3) is 6.74. The van der Waals surface area contributed by atoms with Crippen LogP contribution in [0.5, 0.6) is 11.5 Å². The Labute approximate surface area is 215 Å². The van der Waals surface area contributed by atoms with Gasteiger partial charge >= 0.3 is 0 Å². The molecule has 0 spiro atoms. The molecule has 1 aromatic heterocycles. The highest BCUT2D eigenvalue weighted by Crippen LogP contribution is 2.30. The molecule has 4 rings (SSSR count). The Kier molecular flexibility index (Phi) is 8.53. The number of ether oxygens (including phenoxy) is 2. The SMILES string of the molecule is COc1ccc(OC)c(CN(Cc2nc(C(=O)NCc3ccc(F)cc3)co2)C(C)c2ccccc2)c1. The minimum absolute atomic E-state index is 0.0137. The summed E-state index contributed by atoms with van der Waals surface area (Å²) in [5.74, 6) is 1.21. The van der Waals surface area contributed by atoms with Crippen molar-refractivity contribution in [3.05, 3.63) is 113 Å². The smallest absolute Gasteiger partial charge is 0.273 e. The molecule has 1 unspecified atom stereocenters. The van der Waals surface area contributed by atoms with Crippen LogP contribution < -0.4 is 14.8 Å². The molecule has 1 N–H and O–H groups in total. The molecule has 1 atom stereocenters. The summed E-state index contributed by atoms with van der Waals surface area (Å²) < 4.78 is 29.8. The first-order valence-corrected chi connectivity index (χ1v) is 11.9. The van der Waals surface area contributed by atoms with Crippen molar-refractivity contribution < 1.29 is 23.1 Å². The van der Waals surface area contributed by atoms with Gasteiger partial charge in [-0.1, -0.05) is 42.5 Å². The summed E-state index contributed by atoms with van der Waals surface area (Å²) >= 11 is 0. The summed E-state index contributed by atoms with van der Waals surface area (Å²) in [6, 6.07) is 21.8. The number of carbonyl (C=O) groups excluding carboxylic acids is 1. The fourth-order valence-corrected chi connectivity index (χ4v) is 4.03. The van der Waals surface area contributed by atoms with Gasteiger partial charge in [-0.2, -0.15) is 0 Å². The summed E-state index contributed by atoms with van der Waals surface area (Å²) in [7, 11) is 3.27. The minimum atomic E-state index is -0.364. The summed E-state index contributed by atoms with van der Waals surface area (Å²) in [6.07, 6.45) is 1.35. The predicted octanol–water partition coefficient (Wildman–Crippen LogP) is 5.52. The van der Waals surface area contributed by atoms with E-state index in [-0.39, 0.29) is 30.0 Å². The molecular weight excluding hydrogens is 473 g/mol. The number of carbonyl (C=O) groups is 1. The van der Waals surface area contributed by atoms with Crippen molar-refractivity contribution in [3.8, 4) is 11.5 Å². The van der Waals surface area contributed by atoms with Crippen LogP contribution >= 0.6 is 0 Å². The van der Waals surface area contributed by atoms with E-state index in [1.165, 1.54) is 18.4 Å². The average molecular weight is 504 g/mol. The van der Waals surface area contributed by atoms with Gasteiger partial charge in [-0.15, -0.1) is 0 Å². The first kappa shape index (κ1) is 25.9. The molecule has 7 nitrogen and oxygen atoms in total. The van der Waals surface area contributed by atoms with Crippen LogP contribution in [0.15, 0.2) is 83.5 Å². The second-order valence-corrected chi connectivity index (χ2v) is 8.61. The second-order valence-electron chi connectivity index (χ2n) is 8.61. The number of amides is 1. The lowest BCUT2D eigenvalue weighted by Crippen LogP contribution is -2.27. The molecule has 0 saturated heterocycles. The third-order valence-electron chi connectivity index (χ3n) is 6.18. The van der Waals surface area contributed by atoms with Crippen molar-refractivity contribution >= 4 is 5.91 Å². The summed E-state index contributed by atoms with van der Waals surface area (Å²) in [4.78, 5) is 19.3. The second kappa shape index (κ2) is 12.2. The maximum absolute atomic E-state index is 13.1. The molecule has 1 amide bonds. The quantitative estimate of drug-likeness (QED) is 0.290. The first-order chi connectivity index (χ1) is 18.0. The van der Waals surface area contributed by atoms with Crippen LogP contribution in [0.1, 0.15) is 46.0 Å². The van der Waals surface area contributed by atoms with Crippen molar-refractivity contribution in [1.82, 2.24) is 15.2 Å². The van der Waals surface area contributed by atoms with Crippen LogP contribution in [-0.4, -0.2) is 30.0 Å². The lowest BCUT2D eigenvalue weighted by atomic mass is 10.1. The number of oxazole rings is 1. The highest BCUT2D eigenvalue weighted by molar-refractivity contribution is 5.91. The van der Waals surface area contributed by atoms with Crippen LogP contribution in [-0.2, 0) is 19.6 Å². The zero-order chi connectivity index (χ0) is 26.2. The molecule has 1 heterocycles. The van der Waals surface area contributed by atoms with Crippen molar-refractivity contribution in [2.45, 2.75) is 32.6 Å². The highest BCUT2D eigenvalue weighted by Gasteiger charge is 2.22. The Balaban J connectivity index is 1.52. The van der Waals surface area contributed by atoms with E-state index in [0.29, 0.717) is 19.0 Å². The fourth-order valence-electron chi connectivity index (χ4n) is 4.03. The van der Waals surface area contributed by atoms with E-state index in [1.54, 1.807) is 26.4 Å². The number of methoxy groups -OCH3 is 2. The number of benzene rings is 3. The van der Waals surface area contributed by atoms with Crippen molar-refractivity contribution in [2.75, 3.05) is 14.2 Å². The molecule has 192 valence electrons. The largest absolute Gasteiger partial charge is 0.497 e. The molecule has 0 aliphatic rings. The van der Waals surface area contributed by atoms with Gasteiger partial charge in [0.05, 0.1) is 20.8 Å². The maximum Gasteiger partial charge on any atom is 0.273 e. The van der Waals surface area contributed by atoms with E-state index >= 15 is 0 Å². The van der Waals surface area contributed by atoms with E-state index in [0.717, 1.165) is 28.2 Å². The van der Waals surface area contributed by atoms with Gasteiger partial charge in [0, 0.05) is 24.7 Å². The van der Waals surface area contributed by atoms with Gasteiger partial charge in [0.1, 0.15) is 23.6 Å². The van der Waals surface area contributed by atoms with Crippen LogP contribution in [0.3, 0.4) is 0 Å². The molecular formula is C29H30FN3O4. The van der Waals surface area contributed by atoms with E-state index in [1.807, 2.05) is 36.4 Å².